The number of nitrogens with one attached hydrogen (secondary N) is 1. The van der Waals surface area contributed by atoms with Crippen molar-refractivity contribution in [1.29, 1.82) is 0 Å². The van der Waals surface area contributed by atoms with Gasteiger partial charge in [0.2, 0.25) is 0 Å². The zero-order valence-corrected chi connectivity index (χ0v) is 25.9. The molecule has 0 bridgehead atoms. The summed E-state index contributed by atoms with van der Waals surface area (Å²) in [6, 6.07) is 7.05. The SMILES string of the molecule is CCNC(=O)c1cc(C(=O)O)c(C)cc1O[C@H](CN1CC[N+](C)(C(=O)OC(C)(C)C)[C@H](C)C1)c1ccc(C2CC2)cn1. The second kappa shape index (κ2) is 12.4. The Morgan fingerprint density at radius 1 is 1.19 bits per heavy atom. The maximum atomic E-state index is 13.1. The lowest BCUT2D eigenvalue weighted by Gasteiger charge is -2.45. The van der Waals surface area contributed by atoms with Crippen LogP contribution in [0.4, 0.5) is 4.79 Å². The number of carbonyl (C=O) groups is 3. The summed E-state index contributed by atoms with van der Waals surface area (Å²) in [5.74, 6) is -0.636. The van der Waals surface area contributed by atoms with Gasteiger partial charge in [0.25, 0.3) is 5.91 Å². The monoisotopic (exact) mass is 581 g/mol. The lowest BCUT2D eigenvalue weighted by molar-refractivity contribution is -0.867. The first-order chi connectivity index (χ1) is 19.7. The number of carboxylic acid groups (broad SMARTS) is 1. The van der Waals surface area contributed by atoms with Gasteiger partial charge in [0.05, 0.1) is 30.4 Å². The third-order valence-electron chi connectivity index (χ3n) is 8.21. The minimum absolute atomic E-state index is 0.0255. The van der Waals surface area contributed by atoms with Gasteiger partial charge in [-0.2, -0.15) is 4.79 Å². The molecule has 1 aliphatic heterocycles. The van der Waals surface area contributed by atoms with Crippen molar-refractivity contribution in [1.82, 2.24) is 15.2 Å². The second-order valence-corrected chi connectivity index (χ2v) is 12.8. The number of aromatic carboxylic acids is 1. The fourth-order valence-corrected chi connectivity index (χ4v) is 5.30. The summed E-state index contributed by atoms with van der Waals surface area (Å²) in [4.78, 5) is 45.0. The van der Waals surface area contributed by atoms with Crippen molar-refractivity contribution in [3.63, 3.8) is 0 Å². The molecule has 2 amide bonds. The number of aromatic nitrogens is 1. The van der Waals surface area contributed by atoms with Crippen LogP contribution < -0.4 is 10.1 Å². The molecular weight excluding hydrogens is 536 g/mol. The van der Waals surface area contributed by atoms with E-state index >= 15 is 0 Å². The van der Waals surface area contributed by atoms with Crippen LogP contribution in [0.2, 0.25) is 0 Å². The highest BCUT2D eigenvalue weighted by atomic mass is 16.6. The molecule has 1 aromatic heterocycles. The quantitative estimate of drug-likeness (QED) is 0.401. The molecular formula is C32H45N4O6+. The van der Waals surface area contributed by atoms with Crippen LogP contribution in [0.3, 0.4) is 0 Å². The molecule has 0 spiro atoms. The van der Waals surface area contributed by atoms with Gasteiger partial charge in [0, 0.05) is 25.8 Å². The molecule has 10 nitrogen and oxygen atoms in total. The molecule has 228 valence electrons. The summed E-state index contributed by atoms with van der Waals surface area (Å²) >= 11 is 0. The number of nitrogens with zero attached hydrogens (tertiary/aromatic N) is 3. The van der Waals surface area contributed by atoms with Crippen LogP contribution in [0.25, 0.3) is 0 Å². The maximum absolute atomic E-state index is 13.1. The molecule has 2 aliphatic rings. The molecule has 2 aromatic rings. The largest absolute Gasteiger partial charge is 0.516 e. The summed E-state index contributed by atoms with van der Waals surface area (Å²) in [6.45, 7) is 13.9. The minimum Gasteiger partial charge on any atom is -0.482 e. The number of pyridine rings is 1. The van der Waals surface area contributed by atoms with E-state index in [0.29, 0.717) is 50.0 Å². The van der Waals surface area contributed by atoms with Crippen LogP contribution >= 0.6 is 0 Å². The summed E-state index contributed by atoms with van der Waals surface area (Å²) < 4.78 is 12.5. The van der Waals surface area contributed by atoms with E-state index in [1.54, 1.807) is 19.9 Å². The molecule has 10 heteroatoms. The Balaban J connectivity index is 1.62. The third kappa shape index (κ3) is 7.28. The van der Waals surface area contributed by atoms with Gasteiger partial charge < -0.3 is 19.9 Å². The number of quaternary nitrogens is 1. The molecule has 3 atom stereocenters. The fraction of sp³-hybridized carbons (Fsp3) is 0.562. The second-order valence-electron chi connectivity index (χ2n) is 12.8. The van der Waals surface area contributed by atoms with Gasteiger partial charge in [-0.15, -0.1) is 0 Å². The minimum atomic E-state index is -1.10. The zero-order valence-electron chi connectivity index (χ0n) is 25.9. The summed E-state index contributed by atoms with van der Waals surface area (Å²) in [7, 11) is 1.92. The van der Waals surface area contributed by atoms with Crippen molar-refractivity contribution in [2.75, 3.05) is 39.8 Å². The Morgan fingerprint density at radius 3 is 2.45 bits per heavy atom. The Bertz CT molecular complexity index is 1320. The van der Waals surface area contributed by atoms with Crippen LogP contribution in [0.15, 0.2) is 30.5 Å². The van der Waals surface area contributed by atoms with Crippen molar-refractivity contribution < 1.29 is 33.4 Å². The van der Waals surface area contributed by atoms with Crippen molar-refractivity contribution >= 4 is 18.0 Å². The number of benzene rings is 1. The first kappa shape index (κ1) is 31.4. The summed E-state index contributed by atoms with van der Waals surface area (Å²) in [5, 5.41) is 12.5. The molecule has 1 saturated carbocycles. The van der Waals surface area contributed by atoms with Gasteiger partial charge in [-0.05, 0) is 89.6 Å². The average Bonchev–Trinajstić information content (AvgIpc) is 3.75. The highest BCUT2D eigenvalue weighted by Gasteiger charge is 2.45. The smallest absolute Gasteiger partial charge is 0.482 e. The van der Waals surface area contributed by atoms with Crippen molar-refractivity contribution in [3.8, 4) is 5.75 Å². The van der Waals surface area contributed by atoms with Crippen molar-refractivity contribution in [2.45, 2.75) is 78.0 Å². The van der Waals surface area contributed by atoms with Gasteiger partial charge >= 0.3 is 12.1 Å². The average molecular weight is 582 g/mol. The number of carbonyl (C=O) groups excluding carboxylic acids is 2. The first-order valence-corrected chi connectivity index (χ1v) is 14.8. The van der Waals surface area contributed by atoms with Gasteiger partial charge in [0.15, 0.2) is 6.10 Å². The Morgan fingerprint density at radius 2 is 1.90 bits per heavy atom. The van der Waals surface area contributed by atoms with E-state index in [-0.39, 0.29) is 27.7 Å². The van der Waals surface area contributed by atoms with Crippen molar-refractivity contribution in [2.24, 2.45) is 0 Å². The van der Waals surface area contributed by atoms with Gasteiger partial charge in [-0.3, -0.25) is 14.7 Å². The number of hydrogen-bond donors (Lipinski definition) is 2. The van der Waals surface area contributed by atoms with E-state index in [1.807, 2.05) is 40.1 Å². The maximum Gasteiger partial charge on any atom is 0.516 e. The molecule has 42 heavy (non-hydrogen) atoms. The zero-order chi connectivity index (χ0) is 30.8. The van der Waals surface area contributed by atoms with Gasteiger partial charge in [-0.1, -0.05) is 6.07 Å². The molecule has 1 unspecified atom stereocenters. The van der Waals surface area contributed by atoms with E-state index in [4.69, 9.17) is 14.5 Å². The molecule has 0 radical (unpaired) electrons. The Labute approximate surface area is 248 Å². The normalized spacial score (nSPS) is 21.8. The Kier molecular flexibility index (Phi) is 9.27. The number of ether oxygens (including phenoxy) is 2. The number of amides is 2. The lowest BCUT2D eigenvalue weighted by atomic mass is 10.0. The number of carboxylic acids is 1. The van der Waals surface area contributed by atoms with E-state index in [1.165, 1.54) is 24.5 Å². The highest BCUT2D eigenvalue weighted by Crippen LogP contribution is 2.40. The van der Waals surface area contributed by atoms with Gasteiger partial charge in [-0.25, -0.2) is 9.28 Å². The van der Waals surface area contributed by atoms with Gasteiger partial charge in [0.1, 0.15) is 23.9 Å². The molecule has 1 saturated heterocycles. The molecule has 2 fully saturated rings. The molecule has 4 rings (SSSR count). The number of aryl methyl sites for hydroxylation is 1. The number of likely N-dealkylation sites (N-methyl/N-ethyl adjacent to an activating group) is 1. The van der Waals surface area contributed by atoms with Crippen LogP contribution in [0.5, 0.6) is 5.75 Å². The number of piperazine rings is 1. The summed E-state index contributed by atoms with van der Waals surface area (Å²) in [6.07, 6.45) is 3.48. The third-order valence-corrected chi connectivity index (χ3v) is 8.21. The van der Waals surface area contributed by atoms with E-state index in [0.717, 1.165) is 5.69 Å². The van der Waals surface area contributed by atoms with Crippen LogP contribution in [0, 0.1) is 6.92 Å². The Hall–Kier alpha value is -3.50. The standard InChI is InChI=1S/C32H44N4O6/c1-8-33-29(37)25-16-24(30(38)39)20(2)15-27(25)41-28(26-12-11-23(17-34-26)22-9-10-22)19-35-13-14-36(7,21(3)18-35)31(40)42-32(4,5)6/h11-12,15-17,21-22,28H,8-10,13-14,18-19H2,1-7H3,(H-,33,37,38,39)/p+1/t21-,28-,36?/m1/s1. The van der Waals surface area contributed by atoms with Crippen LogP contribution in [0.1, 0.15) is 97.0 Å². The number of hydrogen-bond acceptors (Lipinski definition) is 7. The molecule has 2 heterocycles. The predicted molar refractivity (Wildman–Crippen MR) is 159 cm³/mol. The van der Waals surface area contributed by atoms with E-state index in [2.05, 4.69) is 23.2 Å². The first-order valence-electron chi connectivity index (χ1n) is 14.8. The topological polar surface area (TPSA) is 118 Å². The number of rotatable bonds is 9. The predicted octanol–water partition coefficient (Wildman–Crippen LogP) is 4.92. The lowest BCUT2D eigenvalue weighted by Crippen LogP contribution is -2.66. The van der Waals surface area contributed by atoms with Crippen LogP contribution in [-0.4, -0.2) is 88.9 Å². The van der Waals surface area contributed by atoms with E-state index < -0.39 is 23.6 Å². The van der Waals surface area contributed by atoms with E-state index in [9.17, 15) is 19.5 Å². The molecule has 1 aliphatic carbocycles. The summed E-state index contributed by atoms with van der Waals surface area (Å²) in [5.41, 5.74) is 2.08. The molecule has 2 N–H and O–H groups in total. The fourth-order valence-electron chi connectivity index (χ4n) is 5.30. The highest BCUT2D eigenvalue weighted by molar-refractivity contribution is 6.00. The molecule has 1 aromatic carbocycles. The van der Waals surface area contributed by atoms with Crippen LogP contribution in [-0.2, 0) is 4.74 Å². The van der Waals surface area contributed by atoms with Crippen molar-refractivity contribution in [3.05, 3.63) is 58.4 Å².